The highest BCUT2D eigenvalue weighted by molar-refractivity contribution is 5.85. The van der Waals surface area contributed by atoms with E-state index in [9.17, 15) is 14.4 Å². The number of esters is 1. The van der Waals surface area contributed by atoms with Crippen molar-refractivity contribution < 1.29 is 28.6 Å². The van der Waals surface area contributed by atoms with Crippen LogP contribution in [0.1, 0.15) is 39.2 Å². The summed E-state index contributed by atoms with van der Waals surface area (Å²) in [6.45, 7) is 6.12. The molecule has 0 aromatic heterocycles. The molecule has 1 amide bonds. The minimum atomic E-state index is -0.950. The molecule has 0 unspecified atom stereocenters. The van der Waals surface area contributed by atoms with Gasteiger partial charge < -0.3 is 19.5 Å². The first-order chi connectivity index (χ1) is 12.7. The summed E-state index contributed by atoms with van der Waals surface area (Å²) in [7, 11) is 0. The molecule has 1 fully saturated rings. The fraction of sp³-hybridized carbons (Fsp3) is 0.550. The van der Waals surface area contributed by atoms with E-state index in [0.29, 0.717) is 13.2 Å². The van der Waals surface area contributed by atoms with E-state index in [2.05, 4.69) is 5.32 Å². The molecule has 0 bridgehead atoms. The van der Waals surface area contributed by atoms with Crippen molar-refractivity contribution in [1.82, 2.24) is 5.32 Å². The molecule has 1 aromatic rings. The van der Waals surface area contributed by atoms with Gasteiger partial charge in [0.25, 0.3) is 0 Å². The van der Waals surface area contributed by atoms with Gasteiger partial charge in [-0.15, -0.1) is 0 Å². The van der Waals surface area contributed by atoms with Crippen LogP contribution in [0.15, 0.2) is 30.3 Å². The summed E-state index contributed by atoms with van der Waals surface area (Å²) in [4.78, 5) is 36.6. The van der Waals surface area contributed by atoms with Gasteiger partial charge in [0.2, 0.25) is 0 Å². The third-order valence-corrected chi connectivity index (χ3v) is 3.97. The van der Waals surface area contributed by atoms with Crippen LogP contribution in [0.2, 0.25) is 0 Å². The lowest BCUT2D eigenvalue weighted by Crippen LogP contribution is -2.45. The Kier molecular flexibility index (Phi) is 7.36. The lowest BCUT2D eigenvalue weighted by Gasteiger charge is -2.26. The highest BCUT2D eigenvalue weighted by Crippen LogP contribution is 2.16. The number of alkyl carbamates (subject to hydrolysis) is 1. The SMILES string of the molecule is CC(C)(C)OC(=O)N[C@@H](CCC(=O)C1COC1)C(=O)OCc1ccccc1. The van der Waals surface area contributed by atoms with Gasteiger partial charge in [-0.25, -0.2) is 9.59 Å². The minimum absolute atomic E-state index is 0.0214. The lowest BCUT2D eigenvalue weighted by molar-refractivity contribution is -0.148. The van der Waals surface area contributed by atoms with Gasteiger partial charge in [0.05, 0.1) is 19.1 Å². The van der Waals surface area contributed by atoms with Crippen molar-refractivity contribution in [2.75, 3.05) is 13.2 Å². The fourth-order valence-electron chi connectivity index (χ4n) is 2.44. The molecular weight excluding hydrogens is 350 g/mol. The number of rotatable bonds is 8. The van der Waals surface area contributed by atoms with Crippen molar-refractivity contribution in [1.29, 1.82) is 0 Å². The molecule has 0 radical (unpaired) electrons. The zero-order valence-corrected chi connectivity index (χ0v) is 16.0. The molecule has 1 N–H and O–H groups in total. The average molecular weight is 377 g/mol. The summed E-state index contributed by atoms with van der Waals surface area (Å²) in [6, 6.07) is 8.28. The van der Waals surface area contributed by atoms with E-state index in [0.717, 1.165) is 5.56 Å². The Morgan fingerprint density at radius 1 is 1.19 bits per heavy atom. The van der Waals surface area contributed by atoms with Gasteiger partial charge >= 0.3 is 12.1 Å². The van der Waals surface area contributed by atoms with E-state index in [1.54, 1.807) is 20.8 Å². The summed E-state index contributed by atoms with van der Waals surface area (Å²) >= 11 is 0. The molecule has 0 aliphatic carbocycles. The molecular formula is C20H27NO6. The Hall–Kier alpha value is -2.41. The number of carbonyl (C=O) groups excluding carboxylic acids is 3. The smallest absolute Gasteiger partial charge is 0.408 e. The number of nitrogens with one attached hydrogen (secondary N) is 1. The molecule has 148 valence electrons. The maximum atomic E-state index is 12.5. The van der Waals surface area contributed by atoms with Crippen LogP contribution in [0.25, 0.3) is 0 Å². The predicted molar refractivity (Wildman–Crippen MR) is 97.9 cm³/mol. The summed E-state index contributed by atoms with van der Waals surface area (Å²) in [5.41, 5.74) is 0.145. The maximum absolute atomic E-state index is 12.5. The van der Waals surface area contributed by atoms with Crippen molar-refractivity contribution in [2.45, 2.75) is 51.9 Å². The highest BCUT2D eigenvalue weighted by Gasteiger charge is 2.30. The van der Waals surface area contributed by atoms with Crippen molar-refractivity contribution in [3.63, 3.8) is 0 Å². The molecule has 2 rings (SSSR count). The number of carbonyl (C=O) groups is 3. The van der Waals surface area contributed by atoms with Crippen LogP contribution in [0, 0.1) is 5.92 Å². The Morgan fingerprint density at radius 2 is 1.85 bits per heavy atom. The van der Waals surface area contributed by atoms with Crippen molar-refractivity contribution in [3.8, 4) is 0 Å². The minimum Gasteiger partial charge on any atom is -0.459 e. The molecule has 1 atom stereocenters. The first-order valence-corrected chi connectivity index (χ1v) is 9.05. The van der Waals surface area contributed by atoms with E-state index in [4.69, 9.17) is 14.2 Å². The van der Waals surface area contributed by atoms with Crippen molar-refractivity contribution in [3.05, 3.63) is 35.9 Å². The molecule has 1 heterocycles. The quantitative estimate of drug-likeness (QED) is 0.701. The first-order valence-electron chi connectivity index (χ1n) is 9.05. The van der Waals surface area contributed by atoms with Gasteiger partial charge in [-0.3, -0.25) is 4.79 Å². The Morgan fingerprint density at radius 3 is 2.41 bits per heavy atom. The van der Waals surface area contributed by atoms with Crippen LogP contribution in [0.3, 0.4) is 0 Å². The van der Waals surface area contributed by atoms with Crippen LogP contribution in [-0.4, -0.2) is 42.7 Å². The highest BCUT2D eigenvalue weighted by atomic mass is 16.6. The van der Waals surface area contributed by atoms with Crippen LogP contribution in [-0.2, 0) is 30.4 Å². The van der Waals surface area contributed by atoms with E-state index < -0.39 is 23.7 Å². The molecule has 1 saturated heterocycles. The lowest BCUT2D eigenvalue weighted by atomic mass is 9.97. The zero-order chi connectivity index (χ0) is 19.9. The van der Waals surface area contributed by atoms with E-state index in [1.165, 1.54) is 0 Å². The van der Waals surface area contributed by atoms with Crippen LogP contribution in [0.4, 0.5) is 4.79 Å². The second kappa shape index (κ2) is 9.50. The number of hydrogen-bond donors (Lipinski definition) is 1. The normalized spacial score (nSPS) is 15.4. The largest absolute Gasteiger partial charge is 0.459 e. The topological polar surface area (TPSA) is 90.9 Å². The molecule has 27 heavy (non-hydrogen) atoms. The van der Waals surface area contributed by atoms with Crippen molar-refractivity contribution in [2.24, 2.45) is 5.92 Å². The van der Waals surface area contributed by atoms with E-state index in [1.807, 2.05) is 30.3 Å². The number of Topliss-reactive ketones (excluding diaryl/α,β-unsaturated/α-hetero) is 1. The number of hydrogen-bond acceptors (Lipinski definition) is 6. The maximum Gasteiger partial charge on any atom is 0.408 e. The standard InChI is InChI=1S/C20H27NO6/c1-20(2,3)27-19(24)21-16(9-10-17(22)15-12-25-13-15)18(23)26-11-14-7-5-4-6-8-14/h4-8,15-16H,9-13H2,1-3H3,(H,21,24)/t16-/m0/s1. The monoisotopic (exact) mass is 377 g/mol. The predicted octanol–water partition coefficient (Wildman–Crippen LogP) is 2.62. The Balaban J connectivity index is 1.92. The first kappa shape index (κ1) is 20.9. The summed E-state index contributed by atoms with van der Waals surface area (Å²) in [6.07, 6.45) is -0.402. The van der Waals surface area contributed by atoms with Crippen molar-refractivity contribution >= 4 is 17.8 Å². The molecule has 0 saturated carbocycles. The Labute approximate surface area is 159 Å². The molecule has 1 aromatic carbocycles. The summed E-state index contributed by atoms with van der Waals surface area (Å²) in [5, 5.41) is 2.52. The van der Waals surface area contributed by atoms with Crippen LogP contribution < -0.4 is 5.32 Å². The van der Waals surface area contributed by atoms with Crippen LogP contribution >= 0.6 is 0 Å². The van der Waals surface area contributed by atoms with Gasteiger partial charge in [-0.05, 0) is 32.8 Å². The van der Waals surface area contributed by atoms with Gasteiger partial charge in [0.15, 0.2) is 0 Å². The summed E-state index contributed by atoms with van der Waals surface area (Å²) in [5.74, 6) is -0.692. The summed E-state index contributed by atoms with van der Waals surface area (Å²) < 4.78 is 15.5. The molecule has 1 aliphatic rings. The van der Waals surface area contributed by atoms with Gasteiger partial charge in [0.1, 0.15) is 24.0 Å². The number of benzene rings is 1. The second-order valence-electron chi connectivity index (χ2n) is 7.53. The fourth-order valence-corrected chi connectivity index (χ4v) is 2.44. The number of ether oxygens (including phenoxy) is 3. The molecule has 0 spiro atoms. The third-order valence-electron chi connectivity index (χ3n) is 3.97. The molecule has 7 heteroatoms. The number of ketones is 1. The number of amides is 1. The molecule has 7 nitrogen and oxygen atoms in total. The van der Waals surface area contributed by atoms with Gasteiger partial charge in [0, 0.05) is 6.42 Å². The third kappa shape index (κ3) is 7.38. The zero-order valence-electron chi connectivity index (χ0n) is 16.0. The van der Waals surface area contributed by atoms with E-state index >= 15 is 0 Å². The molecule has 1 aliphatic heterocycles. The van der Waals surface area contributed by atoms with Gasteiger partial charge in [-0.1, -0.05) is 30.3 Å². The van der Waals surface area contributed by atoms with Gasteiger partial charge in [-0.2, -0.15) is 0 Å². The van der Waals surface area contributed by atoms with Crippen LogP contribution in [0.5, 0.6) is 0 Å². The van der Waals surface area contributed by atoms with E-state index in [-0.39, 0.29) is 31.1 Å². The Bertz CT molecular complexity index is 648. The second-order valence-corrected chi connectivity index (χ2v) is 7.53. The average Bonchev–Trinajstić information content (AvgIpc) is 2.54.